The number of aromatic nitrogens is 2. The van der Waals surface area contributed by atoms with Crippen LogP contribution >= 0.6 is 0 Å². The first-order valence-corrected chi connectivity index (χ1v) is 37.0. The zero-order chi connectivity index (χ0) is 73.0. The first-order valence-electron chi connectivity index (χ1n) is 32.2. The summed E-state index contributed by atoms with van der Waals surface area (Å²) in [5.41, 5.74) is 2.44. The molecule has 0 saturated carbocycles. The number of ketones is 2. The molecule has 12 rings (SSSR count). The Hall–Kier alpha value is -7.79. The lowest BCUT2D eigenvalue weighted by Gasteiger charge is -2.46. The first-order chi connectivity index (χ1) is 45.8. The van der Waals surface area contributed by atoms with Crippen molar-refractivity contribution in [3.8, 4) is 0 Å². The standard InChI is InChI=1S/C28H32F3N3O4S.C22H23F3N4O2S.C20H26FN3O3S/c1-26(2,3)38-24(36)14-22-27(4,5)39(37)23(9-10-33-39)28(6,34-22)18-11-16(7-8-19(18)30)12-21(35)25-20(31)13-17(29)15-32-25;1-21(2)20(26)29-22(3,18-6-7-28-32(18,21)31)14-8-12(4-5-15(14)24)9-17(30)19-16(25)10-13(23)11-27-19;1-18(2)15-11-17(25)27-19(3,4)23-12-6-7-14(21)13(10-12)20(5,24-15)16-8-9-22-28(16,18)26/h7-8,11,13,15,23H,9-10,12,14H2,1-6H3;4-5,8,10-11,18H,6-7,9H2,1-3H3,(H2,26,29);6-7,10,16,23H,8-9,11H2,1-5H3/t23-,28+,39+;18-,22+,32+;16-,20+,28+/m000/s1. The molecule has 0 saturated heterocycles. The summed E-state index contributed by atoms with van der Waals surface area (Å²) in [4.78, 5) is 72.2. The number of rotatable bonds is 10. The summed E-state index contributed by atoms with van der Waals surface area (Å²) < 4.78 is 164. The summed E-state index contributed by atoms with van der Waals surface area (Å²) in [7, 11) is -8.63. The van der Waals surface area contributed by atoms with Crippen LogP contribution in [0.1, 0.15) is 178 Å². The van der Waals surface area contributed by atoms with Crippen LogP contribution in [0.4, 0.5) is 36.4 Å². The number of nitrogens with one attached hydrogen (secondary N) is 1. The number of carbonyl (C=O) groups excluding carboxylic acids is 4. The highest BCUT2D eigenvalue weighted by molar-refractivity contribution is 7.97. The molecule has 7 aliphatic heterocycles. The number of nitrogens with two attached hydrogens (primary N) is 1. The Bertz CT molecular complexity index is 4740. The minimum absolute atomic E-state index is 0.0901. The third-order valence-electron chi connectivity index (χ3n) is 19.7. The zero-order valence-corrected chi connectivity index (χ0v) is 60.0. The molecule has 5 aromatic rings. The number of Topliss-reactive ketones (excluding diaryl/α,β-unsaturated/α-hetero) is 2. The Morgan fingerprint density at radius 1 is 0.556 bits per heavy atom. The average Bonchev–Trinajstić information content (AvgIpc) is 1.68. The van der Waals surface area contributed by atoms with Crippen molar-refractivity contribution in [2.24, 2.45) is 33.8 Å². The highest BCUT2D eigenvalue weighted by atomic mass is 32.2. The van der Waals surface area contributed by atoms with E-state index in [1.54, 1.807) is 88.3 Å². The second-order valence-electron chi connectivity index (χ2n) is 29.2. The number of hydrogen-bond donors (Lipinski definition) is 2. The van der Waals surface area contributed by atoms with Crippen LogP contribution in [0.15, 0.2) is 107 Å². The van der Waals surface area contributed by atoms with E-state index in [2.05, 4.69) is 33.4 Å². The van der Waals surface area contributed by atoms with E-state index in [-0.39, 0.29) is 42.6 Å². The number of amidine groups is 1. The molecule has 0 amide bonds. The van der Waals surface area contributed by atoms with Gasteiger partial charge < -0.3 is 20.5 Å². The molecule has 0 unspecified atom stereocenters. The van der Waals surface area contributed by atoms with E-state index in [1.807, 2.05) is 20.8 Å². The summed E-state index contributed by atoms with van der Waals surface area (Å²) >= 11 is 0. The monoisotopic (exact) mass is 1430 g/mol. The fourth-order valence-electron chi connectivity index (χ4n) is 14.4. The van der Waals surface area contributed by atoms with E-state index in [0.717, 1.165) is 12.4 Å². The smallest absolute Gasteiger partial charge is 0.313 e. The molecule has 0 radical (unpaired) electrons. The molecule has 9 atom stereocenters. The molecular weight excluding hydrogens is 1350 g/mol. The highest BCUT2D eigenvalue weighted by Crippen LogP contribution is 2.52. The summed E-state index contributed by atoms with van der Waals surface area (Å²) in [6, 6.07) is 13.9. The van der Waals surface area contributed by atoms with Gasteiger partial charge in [0.25, 0.3) is 0 Å². The molecule has 99 heavy (non-hydrogen) atoms. The van der Waals surface area contributed by atoms with E-state index < -0.39 is 163 Å². The fraction of sp³-hybridized carbons (Fsp3) is 0.500. The van der Waals surface area contributed by atoms with Gasteiger partial charge in [-0.05, 0) is 170 Å². The van der Waals surface area contributed by atoms with Crippen LogP contribution in [0.2, 0.25) is 0 Å². The normalized spacial score (nSPS) is 29.4. The molecule has 7 aliphatic rings. The molecular formula is C70H81F7N10O9S3. The van der Waals surface area contributed by atoms with E-state index in [4.69, 9.17) is 25.2 Å². The zero-order valence-electron chi connectivity index (χ0n) is 57.5. The summed E-state index contributed by atoms with van der Waals surface area (Å²) in [6.45, 7) is 25.5. The Morgan fingerprint density at radius 3 is 1.42 bits per heavy atom. The second kappa shape index (κ2) is 25.7. The maximum Gasteiger partial charge on any atom is 0.313 e. The molecule has 19 nitrogen and oxygen atoms in total. The van der Waals surface area contributed by atoms with Gasteiger partial charge in [0.1, 0.15) is 73.3 Å². The van der Waals surface area contributed by atoms with Crippen LogP contribution in [0.3, 0.4) is 0 Å². The van der Waals surface area contributed by atoms with Gasteiger partial charge in [0.15, 0.2) is 28.9 Å². The fourth-order valence-corrected chi connectivity index (χ4v) is 24.1. The number of aliphatic imine (C=N–C) groups is 3. The number of halogens is 7. The van der Waals surface area contributed by atoms with Crippen LogP contribution in [0.5, 0.6) is 0 Å². The van der Waals surface area contributed by atoms with Gasteiger partial charge in [-0.3, -0.25) is 34.2 Å². The van der Waals surface area contributed by atoms with E-state index in [1.165, 1.54) is 42.5 Å². The molecule has 2 aromatic heterocycles. The number of cyclic esters (lactones) is 1. The highest BCUT2D eigenvalue weighted by Gasteiger charge is 2.60. The molecule has 0 spiro atoms. The molecule has 0 aliphatic carbocycles. The van der Waals surface area contributed by atoms with Gasteiger partial charge in [-0.1, -0.05) is 12.1 Å². The van der Waals surface area contributed by atoms with Gasteiger partial charge in [-0.25, -0.2) is 66.4 Å². The molecule has 0 fully saturated rings. The quantitative estimate of drug-likeness (QED) is 0.0748. The summed E-state index contributed by atoms with van der Waals surface area (Å²) in [5.74, 6) is -7.87. The number of carbonyl (C=O) groups is 4. The average molecular weight is 1440 g/mol. The molecule has 29 heteroatoms. The minimum atomic E-state index is -3.02. The van der Waals surface area contributed by atoms with Crippen molar-refractivity contribution in [2.75, 3.05) is 25.0 Å². The number of esters is 2. The number of fused-ring (bicyclic) bond motifs is 8. The lowest BCUT2D eigenvalue weighted by molar-refractivity contribution is -0.154. The number of benzene rings is 3. The van der Waals surface area contributed by atoms with Crippen molar-refractivity contribution in [2.45, 2.75) is 200 Å². The van der Waals surface area contributed by atoms with Gasteiger partial charge in [0.2, 0.25) is 0 Å². The lowest BCUT2D eigenvalue weighted by Crippen LogP contribution is -2.58. The molecule has 3 N–H and O–H groups in total. The van der Waals surface area contributed by atoms with Crippen molar-refractivity contribution in [3.63, 3.8) is 0 Å². The number of anilines is 1. The Balaban J connectivity index is 0.000000163. The topological polar surface area (TPSA) is 276 Å². The van der Waals surface area contributed by atoms with Gasteiger partial charge >= 0.3 is 11.9 Å². The Labute approximate surface area is 572 Å². The Kier molecular flexibility index (Phi) is 19.2. The molecule has 532 valence electrons. The van der Waals surface area contributed by atoms with Crippen LogP contribution in [0.25, 0.3) is 0 Å². The molecule has 4 bridgehead atoms. The maximum absolute atomic E-state index is 15.5. The Morgan fingerprint density at radius 2 is 0.970 bits per heavy atom. The van der Waals surface area contributed by atoms with Gasteiger partial charge in [-0.15, -0.1) is 0 Å². The van der Waals surface area contributed by atoms with E-state index in [0.29, 0.717) is 84.8 Å². The predicted molar refractivity (Wildman–Crippen MR) is 365 cm³/mol. The van der Waals surface area contributed by atoms with Crippen molar-refractivity contribution in [3.05, 3.63) is 159 Å². The minimum Gasteiger partial charge on any atom is -0.460 e. The maximum atomic E-state index is 15.5. The predicted octanol–water partition coefficient (Wildman–Crippen LogP) is 12.5. The van der Waals surface area contributed by atoms with Gasteiger partial charge in [0, 0.05) is 78.4 Å². The van der Waals surface area contributed by atoms with Crippen molar-refractivity contribution in [1.29, 1.82) is 0 Å². The van der Waals surface area contributed by atoms with E-state index >= 15 is 13.2 Å². The van der Waals surface area contributed by atoms with Crippen LogP contribution in [-0.2, 0) is 77.7 Å². The van der Waals surface area contributed by atoms with Crippen LogP contribution < -0.4 is 11.1 Å². The molecule has 3 aromatic carbocycles. The third-order valence-corrected chi connectivity index (χ3v) is 30.9. The third kappa shape index (κ3) is 13.1. The number of pyridine rings is 2. The van der Waals surface area contributed by atoms with E-state index in [9.17, 15) is 49.4 Å². The van der Waals surface area contributed by atoms with Gasteiger partial charge in [0.05, 0.1) is 79.7 Å². The number of ether oxygens (including phenoxy) is 2. The summed E-state index contributed by atoms with van der Waals surface area (Å²) in [6.07, 6.45) is 1.98. The lowest BCUT2D eigenvalue weighted by atomic mass is 9.84. The summed E-state index contributed by atoms with van der Waals surface area (Å²) in [5, 5.41) is 1.51. The van der Waals surface area contributed by atoms with Crippen molar-refractivity contribution < 1.29 is 72.0 Å². The van der Waals surface area contributed by atoms with Crippen molar-refractivity contribution in [1.82, 2.24) is 9.97 Å². The largest absolute Gasteiger partial charge is 0.460 e. The second-order valence-corrected chi connectivity index (χ2v) is 38.2. The SMILES string of the molecule is CC(C)(C)OC(=O)CC1=N[C@](C)(c2cc(CC(=O)c3ncc(F)cc3F)ccc2F)[C@@H]2CCN=[S@]2(=O)C1(C)C.CC1(C)C(N)=N[C@](C)(c2cc(CC(=O)c3ncc(F)cc3F)ccc2F)[C@@H]2CCN=[S@@]21=O.CC1(C)Nc2ccc(F)c(c2)[C@@]2(C)N=C(CC(=O)O1)C(C)(C)[S@@]1(=O)=NCC[C@@H]21. The van der Waals surface area contributed by atoms with Gasteiger partial charge in [-0.2, -0.15) is 0 Å². The van der Waals surface area contributed by atoms with Crippen molar-refractivity contribution >= 4 is 75.6 Å². The van der Waals surface area contributed by atoms with Crippen LogP contribution in [0, 0.1) is 40.7 Å². The first kappa shape index (κ1) is 73.9. The number of nitrogens with zero attached hydrogens (tertiary/aromatic N) is 8. The number of hydrogen-bond acceptors (Lipinski definition) is 19. The molecule has 9 heterocycles. The van der Waals surface area contributed by atoms with Crippen LogP contribution in [-0.4, -0.2) is 124 Å².